The molecule has 2 aromatic carbocycles. The zero-order valence-corrected chi connectivity index (χ0v) is 13.5. The lowest BCUT2D eigenvalue weighted by Crippen LogP contribution is -2.45. The summed E-state index contributed by atoms with van der Waals surface area (Å²) in [5.74, 6) is -1.54. The average molecular weight is 344 g/mol. The van der Waals surface area contributed by atoms with Crippen LogP contribution < -0.4 is 0 Å². The molecule has 1 aliphatic rings. The van der Waals surface area contributed by atoms with Gasteiger partial charge in [-0.25, -0.2) is 0 Å². The first-order valence-corrected chi connectivity index (χ1v) is 7.75. The quantitative estimate of drug-likeness (QED) is 0.632. The van der Waals surface area contributed by atoms with Crippen LogP contribution in [-0.2, 0) is 27.4 Å². The Morgan fingerprint density at radius 3 is 2.58 bits per heavy atom. The Balaban J connectivity index is 1.65. The second-order valence-corrected chi connectivity index (χ2v) is 5.78. The van der Waals surface area contributed by atoms with E-state index in [2.05, 4.69) is 0 Å². The number of amides is 2. The third-order valence-electron chi connectivity index (χ3n) is 3.77. The summed E-state index contributed by atoms with van der Waals surface area (Å²) < 4.78 is 5.13. The van der Waals surface area contributed by atoms with Crippen LogP contribution in [0.1, 0.15) is 21.5 Å². The number of nitrogens with zero attached hydrogens (tertiary/aromatic N) is 1. The highest BCUT2D eigenvalue weighted by Gasteiger charge is 2.32. The molecule has 6 heteroatoms. The summed E-state index contributed by atoms with van der Waals surface area (Å²) in [5.41, 5.74) is 1.78. The maximum atomic E-state index is 12.4. The van der Waals surface area contributed by atoms with Crippen LogP contribution in [0.3, 0.4) is 0 Å². The fraction of sp³-hybridized carbons (Fsp3) is 0.167. The molecule has 0 fully saturated rings. The maximum absolute atomic E-state index is 12.4. The van der Waals surface area contributed by atoms with Gasteiger partial charge in [-0.05, 0) is 17.7 Å². The minimum atomic E-state index is -0.656. The van der Waals surface area contributed by atoms with Crippen LogP contribution in [-0.4, -0.2) is 29.2 Å². The van der Waals surface area contributed by atoms with Crippen LogP contribution in [0.5, 0.6) is 0 Å². The first-order valence-electron chi connectivity index (χ1n) is 7.38. The van der Waals surface area contributed by atoms with Crippen molar-refractivity contribution in [2.24, 2.45) is 0 Å². The van der Waals surface area contributed by atoms with Crippen molar-refractivity contribution in [3.05, 3.63) is 70.2 Å². The summed E-state index contributed by atoms with van der Waals surface area (Å²) in [5, 5.41) is 0.490. The van der Waals surface area contributed by atoms with E-state index >= 15 is 0 Å². The number of rotatable bonds is 4. The van der Waals surface area contributed by atoms with Crippen molar-refractivity contribution >= 4 is 29.4 Å². The number of ether oxygens (including phenoxy) is 1. The SMILES string of the molecule is O=C(CN1C(=O)Cc2ccccc2C1=O)OCc1ccccc1Cl. The lowest BCUT2D eigenvalue weighted by Gasteiger charge is -2.25. The molecule has 0 saturated carbocycles. The summed E-state index contributed by atoms with van der Waals surface area (Å²) in [6, 6.07) is 13.9. The molecule has 0 spiro atoms. The van der Waals surface area contributed by atoms with Crippen molar-refractivity contribution in [3.63, 3.8) is 0 Å². The molecule has 0 atom stereocenters. The summed E-state index contributed by atoms with van der Waals surface area (Å²) >= 11 is 5.99. The molecule has 0 aliphatic carbocycles. The lowest BCUT2D eigenvalue weighted by molar-refractivity contribution is -0.149. The molecular formula is C18H14ClNO4. The van der Waals surface area contributed by atoms with Crippen LogP contribution in [0.4, 0.5) is 0 Å². The van der Waals surface area contributed by atoms with Gasteiger partial charge in [0.05, 0.1) is 6.42 Å². The Kier molecular flexibility index (Phi) is 4.62. The molecule has 3 rings (SSSR count). The van der Waals surface area contributed by atoms with Crippen molar-refractivity contribution in [2.45, 2.75) is 13.0 Å². The number of benzene rings is 2. The van der Waals surface area contributed by atoms with E-state index in [1.54, 1.807) is 48.5 Å². The molecule has 24 heavy (non-hydrogen) atoms. The third kappa shape index (κ3) is 3.31. The molecule has 0 unspecified atom stereocenters. The van der Waals surface area contributed by atoms with Crippen LogP contribution >= 0.6 is 11.6 Å². The number of imide groups is 1. The van der Waals surface area contributed by atoms with E-state index in [1.165, 1.54) is 0 Å². The molecule has 0 radical (unpaired) electrons. The predicted octanol–water partition coefficient (Wildman–Crippen LogP) is 2.61. The fourth-order valence-corrected chi connectivity index (χ4v) is 2.70. The molecule has 2 amide bonds. The van der Waals surface area contributed by atoms with Crippen LogP contribution in [0.2, 0.25) is 5.02 Å². The summed E-state index contributed by atoms with van der Waals surface area (Å²) in [4.78, 5) is 37.4. The topological polar surface area (TPSA) is 63.7 Å². The molecule has 0 N–H and O–H groups in total. The number of fused-ring (bicyclic) bond motifs is 1. The predicted molar refractivity (Wildman–Crippen MR) is 87.4 cm³/mol. The lowest BCUT2D eigenvalue weighted by atomic mass is 9.98. The molecule has 0 saturated heterocycles. The summed E-state index contributed by atoms with van der Waals surface area (Å²) in [7, 11) is 0. The van der Waals surface area contributed by atoms with Crippen LogP contribution in [0, 0.1) is 0 Å². The van der Waals surface area contributed by atoms with Gasteiger partial charge in [0.1, 0.15) is 13.2 Å². The highest BCUT2D eigenvalue weighted by Crippen LogP contribution is 2.20. The molecule has 0 aromatic heterocycles. The van der Waals surface area contributed by atoms with Gasteiger partial charge in [0, 0.05) is 16.1 Å². The molecule has 2 aromatic rings. The molecular weight excluding hydrogens is 330 g/mol. The van der Waals surface area contributed by atoms with Gasteiger partial charge in [-0.1, -0.05) is 48.0 Å². The van der Waals surface area contributed by atoms with Gasteiger partial charge in [-0.2, -0.15) is 0 Å². The van der Waals surface area contributed by atoms with Crippen LogP contribution in [0.25, 0.3) is 0 Å². The molecule has 5 nitrogen and oxygen atoms in total. The minimum absolute atomic E-state index is 0.00862. The molecule has 1 aliphatic heterocycles. The second-order valence-electron chi connectivity index (χ2n) is 5.37. The summed E-state index contributed by atoms with van der Waals surface area (Å²) in [6.45, 7) is -0.415. The van der Waals surface area contributed by atoms with Crippen molar-refractivity contribution in [1.29, 1.82) is 0 Å². The van der Waals surface area contributed by atoms with E-state index in [4.69, 9.17) is 16.3 Å². The van der Waals surface area contributed by atoms with E-state index in [-0.39, 0.29) is 13.0 Å². The highest BCUT2D eigenvalue weighted by molar-refractivity contribution is 6.31. The highest BCUT2D eigenvalue weighted by atomic mass is 35.5. The van der Waals surface area contributed by atoms with Gasteiger partial charge >= 0.3 is 5.97 Å². The van der Waals surface area contributed by atoms with Crippen molar-refractivity contribution < 1.29 is 19.1 Å². The summed E-state index contributed by atoms with van der Waals surface area (Å²) in [6.07, 6.45) is 0.0969. The standard InChI is InChI=1S/C18H14ClNO4/c19-15-8-4-2-6-13(15)11-24-17(22)10-20-16(21)9-12-5-1-3-7-14(12)18(20)23/h1-8H,9-11H2. The Bertz CT molecular complexity index is 818. The van der Waals surface area contributed by atoms with E-state index in [9.17, 15) is 14.4 Å². The van der Waals surface area contributed by atoms with E-state index in [0.29, 0.717) is 21.7 Å². The Morgan fingerprint density at radius 1 is 1.08 bits per heavy atom. The van der Waals surface area contributed by atoms with Gasteiger partial charge in [0.15, 0.2) is 0 Å². The number of carbonyl (C=O) groups excluding carboxylic acids is 3. The largest absolute Gasteiger partial charge is 0.459 e. The number of halogens is 1. The number of hydrogen-bond acceptors (Lipinski definition) is 4. The van der Waals surface area contributed by atoms with Crippen molar-refractivity contribution in [2.75, 3.05) is 6.54 Å². The van der Waals surface area contributed by atoms with Crippen LogP contribution in [0.15, 0.2) is 48.5 Å². The number of hydrogen-bond donors (Lipinski definition) is 0. The first-order chi connectivity index (χ1) is 11.6. The molecule has 1 heterocycles. The molecule has 122 valence electrons. The van der Waals surface area contributed by atoms with Gasteiger partial charge in [-0.3, -0.25) is 19.3 Å². The first kappa shape index (κ1) is 16.2. The van der Waals surface area contributed by atoms with Gasteiger partial charge in [-0.15, -0.1) is 0 Å². The number of carbonyl (C=O) groups is 3. The zero-order valence-electron chi connectivity index (χ0n) is 12.7. The van der Waals surface area contributed by atoms with E-state index in [1.807, 2.05) is 0 Å². The normalized spacial score (nSPS) is 13.6. The van der Waals surface area contributed by atoms with E-state index < -0.39 is 24.3 Å². The smallest absolute Gasteiger partial charge is 0.326 e. The third-order valence-corrected chi connectivity index (χ3v) is 4.14. The van der Waals surface area contributed by atoms with E-state index in [0.717, 1.165) is 4.90 Å². The fourth-order valence-electron chi connectivity index (χ4n) is 2.51. The Hall–Kier alpha value is -2.66. The Morgan fingerprint density at radius 2 is 1.79 bits per heavy atom. The van der Waals surface area contributed by atoms with Gasteiger partial charge < -0.3 is 4.74 Å². The van der Waals surface area contributed by atoms with Gasteiger partial charge in [0.25, 0.3) is 5.91 Å². The second kappa shape index (κ2) is 6.84. The zero-order chi connectivity index (χ0) is 17.1. The monoisotopic (exact) mass is 343 g/mol. The minimum Gasteiger partial charge on any atom is -0.459 e. The Labute approximate surface area is 143 Å². The maximum Gasteiger partial charge on any atom is 0.326 e. The van der Waals surface area contributed by atoms with Crippen molar-refractivity contribution in [1.82, 2.24) is 4.90 Å². The van der Waals surface area contributed by atoms with Gasteiger partial charge in [0.2, 0.25) is 5.91 Å². The average Bonchev–Trinajstić information content (AvgIpc) is 2.58. The van der Waals surface area contributed by atoms with Crippen molar-refractivity contribution in [3.8, 4) is 0 Å². The molecule has 0 bridgehead atoms. The number of esters is 1.